The molecule has 2 unspecified atom stereocenters. The van der Waals surface area contributed by atoms with Crippen LogP contribution in [0.25, 0.3) is 0 Å². The van der Waals surface area contributed by atoms with Crippen molar-refractivity contribution in [2.45, 2.75) is 111 Å². The molecule has 1 fully saturated rings. The molecule has 0 aromatic rings. The van der Waals surface area contributed by atoms with Gasteiger partial charge in [-0.2, -0.15) is 0 Å². The first-order valence-electron chi connectivity index (χ1n) is 11.2. The van der Waals surface area contributed by atoms with Crippen molar-refractivity contribution in [2.75, 3.05) is 0 Å². The molecule has 0 bridgehead atoms. The van der Waals surface area contributed by atoms with Gasteiger partial charge in [0.1, 0.15) is 0 Å². The summed E-state index contributed by atoms with van der Waals surface area (Å²) in [5, 5.41) is 3.21. The maximum absolute atomic E-state index is 12.1. The van der Waals surface area contributed by atoms with E-state index in [1.807, 2.05) is 0 Å². The van der Waals surface area contributed by atoms with E-state index < -0.39 is 0 Å². The number of nitrogens with one attached hydrogen (secondary N) is 1. The molecule has 1 aliphatic carbocycles. The fraction of sp³-hybridized carbons (Fsp3) is 0.720. The molecule has 1 rings (SSSR count). The molecule has 27 heavy (non-hydrogen) atoms. The van der Waals surface area contributed by atoms with Crippen molar-refractivity contribution in [1.82, 2.24) is 5.32 Å². The molecule has 1 N–H and O–H groups in total. The summed E-state index contributed by atoms with van der Waals surface area (Å²) in [6.45, 7) is 10.9. The predicted octanol–water partition coefficient (Wildman–Crippen LogP) is 7.27. The first kappa shape index (κ1) is 23.7. The molecule has 0 saturated heterocycles. The van der Waals surface area contributed by atoms with Gasteiger partial charge < -0.3 is 5.32 Å². The van der Waals surface area contributed by atoms with Gasteiger partial charge in [-0.05, 0) is 72.1 Å². The van der Waals surface area contributed by atoms with Crippen molar-refractivity contribution in [3.63, 3.8) is 0 Å². The van der Waals surface area contributed by atoms with Crippen LogP contribution in [0.2, 0.25) is 0 Å². The standard InChI is InChI=1S/C25H43NO/c1-6-7-8-9-16-23-19-24(23)26-25(27)18-17-22(5)15-11-14-21(4)13-10-12-20(2)3/h12,14,17,23-24H,6-11,13,15-16,18-19H2,1-5H3,(H,26,27)/b21-14+,22-17+. The SMILES string of the molecule is CCCCCCC1CC1NC(=O)C/C=C(\C)CC/C=C(\C)CCC=C(C)C. The van der Waals surface area contributed by atoms with Gasteiger partial charge in [0, 0.05) is 12.5 Å². The smallest absolute Gasteiger partial charge is 0.224 e. The number of rotatable bonds is 14. The summed E-state index contributed by atoms with van der Waals surface area (Å²) in [4.78, 5) is 12.1. The van der Waals surface area contributed by atoms with Crippen molar-refractivity contribution in [3.05, 3.63) is 34.9 Å². The number of carbonyl (C=O) groups is 1. The van der Waals surface area contributed by atoms with Crippen LogP contribution in [0.5, 0.6) is 0 Å². The maximum Gasteiger partial charge on any atom is 0.224 e. The molecule has 2 heteroatoms. The van der Waals surface area contributed by atoms with Gasteiger partial charge in [0.15, 0.2) is 0 Å². The Bertz CT molecular complexity index is 522. The Hall–Kier alpha value is -1.31. The van der Waals surface area contributed by atoms with E-state index in [-0.39, 0.29) is 5.91 Å². The fourth-order valence-electron chi connectivity index (χ4n) is 3.45. The van der Waals surface area contributed by atoms with E-state index in [9.17, 15) is 4.79 Å². The fourth-order valence-corrected chi connectivity index (χ4v) is 3.45. The lowest BCUT2D eigenvalue weighted by Crippen LogP contribution is -2.26. The molecule has 1 saturated carbocycles. The van der Waals surface area contributed by atoms with E-state index in [0.717, 1.165) is 31.6 Å². The first-order valence-corrected chi connectivity index (χ1v) is 11.2. The Morgan fingerprint density at radius 3 is 2.26 bits per heavy atom. The van der Waals surface area contributed by atoms with Crippen LogP contribution in [-0.2, 0) is 4.79 Å². The van der Waals surface area contributed by atoms with Gasteiger partial charge in [0.25, 0.3) is 0 Å². The second kappa shape index (κ2) is 13.8. The Labute approximate surface area is 168 Å². The molecular formula is C25H43NO. The minimum absolute atomic E-state index is 0.198. The molecule has 1 aliphatic rings. The van der Waals surface area contributed by atoms with Gasteiger partial charge in [-0.1, -0.05) is 67.6 Å². The zero-order chi connectivity index (χ0) is 20.1. The van der Waals surface area contributed by atoms with Crippen LogP contribution in [0.4, 0.5) is 0 Å². The quantitative estimate of drug-likeness (QED) is 0.252. The summed E-state index contributed by atoms with van der Waals surface area (Å²) >= 11 is 0. The number of unbranched alkanes of at least 4 members (excludes halogenated alkanes) is 3. The first-order chi connectivity index (χ1) is 12.9. The largest absolute Gasteiger partial charge is 0.353 e. The van der Waals surface area contributed by atoms with Crippen molar-refractivity contribution in [2.24, 2.45) is 5.92 Å². The Morgan fingerprint density at radius 2 is 1.59 bits per heavy atom. The van der Waals surface area contributed by atoms with E-state index in [0.29, 0.717) is 12.5 Å². The van der Waals surface area contributed by atoms with E-state index in [1.165, 1.54) is 55.2 Å². The monoisotopic (exact) mass is 373 g/mol. The zero-order valence-corrected chi connectivity index (χ0v) is 18.6. The van der Waals surface area contributed by atoms with E-state index >= 15 is 0 Å². The second-order valence-corrected chi connectivity index (χ2v) is 8.68. The van der Waals surface area contributed by atoms with Crippen molar-refractivity contribution in [1.29, 1.82) is 0 Å². The average molecular weight is 374 g/mol. The Morgan fingerprint density at radius 1 is 0.926 bits per heavy atom. The normalized spacial score (nSPS) is 19.7. The minimum Gasteiger partial charge on any atom is -0.353 e. The summed E-state index contributed by atoms with van der Waals surface area (Å²) in [5.74, 6) is 0.944. The van der Waals surface area contributed by atoms with Gasteiger partial charge in [0.2, 0.25) is 5.91 Å². The highest BCUT2D eigenvalue weighted by Gasteiger charge is 2.37. The molecule has 0 heterocycles. The zero-order valence-electron chi connectivity index (χ0n) is 18.6. The third kappa shape index (κ3) is 12.7. The molecular weight excluding hydrogens is 330 g/mol. The van der Waals surface area contributed by atoms with Crippen LogP contribution >= 0.6 is 0 Å². The van der Waals surface area contributed by atoms with Crippen molar-refractivity contribution >= 4 is 5.91 Å². The Balaban J connectivity index is 2.13. The van der Waals surface area contributed by atoms with Crippen LogP contribution < -0.4 is 5.32 Å². The van der Waals surface area contributed by atoms with Crippen molar-refractivity contribution in [3.8, 4) is 0 Å². The Kier molecular flexibility index (Phi) is 12.1. The number of allylic oxidation sites excluding steroid dienone is 5. The van der Waals surface area contributed by atoms with E-state index in [2.05, 4.69) is 58.2 Å². The van der Waals surface area contributed by atoms with Crippen LogP contribution in [0, 0.1) is 5.92 Å². The third-order valence-corrected chi connectivity index (χ3v) is 5.46. The van der Waals surface area contributed by atoms with Crippen LogP contribution in [-0.4, -0.2) is 11.9 Å². The topological polar surface area (TPSA) is 29.1 Å². The van der Waals surface area contributed by atoms with Crippen LogP contribution in [0.1, 0.15) is 105 Å². The lowest BCUT2D eigenvalue weighted by Gasteiger charge is -2.04. The molecule has 154 valence electrons. The molecule has 2 atom stereocenters. The highest BCUT2D eigenvalue weighted by Crippen LogP contribution is 2.35. The number of amides is 1. The third-order valence-electron chi connectivity index (χ3n) is 5.46. The summed E-state index contributed by atoms with van der Waals surface area (Å²) in [6.07, 6.45) is 19.5. The highest BCUT2D eigenvalue weighted by atomic mass is 16.1. The molecule has 0 radical (unpaired) electrons. The number of hydrogen-bond donors (Lipinski definition) is 1. The van der Waals surface area contributed by atoms with Crippen molar-refractivity contribution < 1.29 is 4.79 Å². The maximum atomic E-state index is 12.1. The average Bonchev–Trinajstić information content (AvgIpc) is 3.34. The number of hydrogen-bond acceptors (Lipinski definition) is 1. The highest BCUT2D eigenvalue weighted by molar-refractivity contribution is 5.78. The summed E-state index contributed by atoms with van der Waals surface area (Å²) in [5.41, 5.74) is 4.19. The van der Waals surface area contributed by atoms with Gasteiger partial charge >= 0.3 is 0 Å². The molecule has 0 aromatic carbocycles. The molecule has 0 spiro atoms. The molecule has 0 aromatic heterocycles. The van der Waals surface area contributed by atoms with E-state index in [1.54, 1.807) is 0 Å². The van der Waals surface area contributed by atoms with Crippen LogP contribution in [0.15, 0.2) is 34.9 Å². The molecule has 1 amide bonds. The molecule has 2 nitrogen and oxygen atoms in total. The summed E-state index contributed by atoms with van der Waals surface area (Å²) in [7, 11) is 0. The predicted molar refractivity (Wildman–Crippen MR) is 119 cm³/mol. The van der Waals surface area contributed by atoms with Gasteiger partial charge in [-0.3, -0.25) is 4.79 Å². The molecule has 0 aliphatic heterocycles. The lowest BCUT2D eigenvalue weighted by molar-refractivity contribution is -0.120. The minimum atomic E-state index is 0.198. The van der Waals surface area contributed by atoms with Crippen LogP contribution in [0.3, 0.4) is 0 Å². The van der Waals surface area contributed by atoms with Gasteiger partial charge in [-0.25, -0.2) is 0 Å². The van der Waals surface area contributed by atoms with E-state index in [4.69, 9.17) is 0 Å². The summed E-state index contributed by atoms with van der Waals surface area (Å²) < 4.78 is 0. The van der Waals surface area contributed by atoms with Gasteiger partial charge in [-0.15, -0.1) is 0 Å². The number of carbonyl (C=O) groups excluding carboxylic acids is 1. The lowest BCUT2D eigenvalue weighted by atomic mass is 10.1. The summed E-state index contributed by atoms with van der Waals surface area (Å²) in [6, 6.07) is 0.458. The van der Waals surface area contributed by atoms with Gasteiger partial charge in [0.05, 0.1) is 0 Å². The second-order valence-electron chi connectivity index (χ2n) is 8.68.